The quantitative estimate of drug-likeness (QED) is 0.802. The van der Waals surface area contributed by atoms with Gasteiger partial charge in [0.25, 0.3) is 0 Å². The first-order valence-corrected chi connectivity index (χ1v) is 7.14. The van der Waals surface area contributed by atoms with Gasteiger partial charge in [0, 0.05) is 7.05 Å². The molecule has 0 saturated heterocycles. The van der Waals surface area contributed by atoms with E-state index in [0.29, 0.717) is 11.5 Å². The van der Waals surface area contributed by atoms with Crippen LogP contribution in [0.2, 0.25) is 5.02 Å². The Kier molecular flexibility index (Phi) is 3.74. The normalized spacial score (nSPS) is 11.7. The first-order chi connectivity index (χ1) is 8.88. The average Bonchev–Trinajstić information content (AvgIpc) is 2.76. The number of benzene rings is 1. The highest BCUT2D eigenvalue weighted by Crippen LogP contribution is 2.22. The maximum Gasteiger partial charge on any atom is 0.241 e. The summed E-state index contributed by atoms with van der Waals surface area (Å²) >= 11 is 5.80. The van der Waals surface area contributed by atoms with Gasteiger partial charge in [-0.3, -0.25) is 4.68 Å². The van der Waals surface area contributed by atoms with Crippen molar-refractivity contribution >= 4 is 27.3 Å². The molecule has 0 saturated carbocycles. The Morgan fingerprint density at radius 3 is 2.79 bits per heavy atom. The number of nitrogens with one attached hydrogen (secondary N) is 1. The molecule has 1 heterocycles. The highest BCUT2D eigenvalue weighted by atomic mass is 35.5. The van der Waals surface area contributed by atoms with Gasteiger partial charge in [0.15, 0.2) is 5.82 Å². The lowest BCUT2D eigenvalue weighted by molar-refractivity contribution is 0.578. The second-order valence-electron chi connectivity index (χ2n) is 3.84. The van der Waals surface area contributed by atoms with Gasteiger partial charge < -0.3 is 5.73 Å². The number of aryl methyl sites for hydroxylation is 1. The Hall–Kier alpha value is -1.64. The van der Waals surface area contributed by atoms with Crippen molar-refractivity contribution in [1.82, 2.24) is 19.5 Å². The van der Waals surface area contributed by atoms with Crippen LogP contribution in [0.1, 0.15) is 5.82 Å². The standard InChI is InChI=1S/C10H12ClN5O2S/c1-16-6-13-10(15-16)5-14-19(17,18)7-2-3-9(12)8(11)4-7/h2-4,6,14H,5,12H2,1H3. The molecule has 1 aromatic heterocycles. The van der Waals surface area contributed by atoms with Crippen molar-refractivity contribution in [2.24, 2.45) is 7.05 Å². The second-order valence-corrected chi connectivity index (χ2v) is 6.02. The minimum atomic E-state index is -3.67. The van der Waals surface area contributed by atoms with Crippen LogP contribution in [0.3, 0.4) is 0 Å². The minimum absolute atomic E-state index is 0.00513. The van der Waals surface area contributed by atoms with Gasteiger partial charge in [0.1, 0.15) is 6.33 Å². The van der Waals surface area contributed by atoms with Crippen molar-refractivity contribution in [3.8, 4) is 0 Å². The molecule has 102 valence electrons. The lowest BCUT2D eigenvalue weighted by Gasteiger charge is -2.06. The van der Waals surface area contributed by atoms with Gasteiger partial charge in [0.2, 0.25) is 10.0 Å². The SMILES string of the molecule is Cn1cnc(CNS(=O)(=O)c2ccc(N)c(Cl)c2)n1. The molecule has 0 aliphatic carbocycles. The molecule has 0 spiro atoms. The first kappa shape index (κ1) is 13.8. The third-order valence-corrected chi connectivity index (χ3v) is 4.08. The number of nitrogens with zero attached hydrogens (tertiary/aromatic N) is 3. The molecule has 3 N–H and O–H groups in total. The van der Waals surface area contributed by atoms with Crippen molar-refractivity contribution in [2.45, 2.75) is 11.4 Å². The second kappa shape index (κ2) is 5.16. The first-order valence-electron chi connectivity index (χ1n) is 5.28. The van der Waals surface area contributed by atoms with E-state index in [1.807, 2.05) is 0 Å². The van der Waals surface area contributed by atoms with Crippen molar-refractivity contribution in [1.29, 1.82) is 0 Å². The Morgan fingerprint density at radius 1 is 1.47 bits per heavy atom. The fourth-order valence-electron chi connectivity index (χ4n) is 1.38. The van der Waals surface area contributed by atoms with Crippen LogP contribution in [0.4, 0.5) is 5.69 Å². The van der Waals surface area contributed by atoms with Gasteiger partial charge in [-0.2, -0.15) is 5.10 Å². The Balaban J connectivity index is 2.16. The molecule has 1 aromatic carbocycles. The molecule has 0 fully saturated rings. The van der Waals surface area contributed by atoms with Gasteiger partial charge >= 0.3 is 0 Å². The predicted molar refractivity (Wildman–Crippen MR) is 70.9 cm³/mol. The van der Waals surface area contributed by atoms with Crippen molar-refractivity contribution < 1.29 is 8.42 Å². The Bertz CT molecular complexity index is 698. The van der Waals surface area contributed by atoms with Crippen molar-refractivity contribution in [2.75, 3.05) is 5.73 Å². The zero-order valence-corrected chi connectivity index (χ0v) is 11.6. The van der Waals surface area contributed by atoms with Gasteiger partial charge in [-0.1, -0.05) is 11.6 Å². The van der Waals surface area contributed by atoms with E-state index in [9.17, 15) is 8.42 Å². The number of aromatic nitrogens is 3. The molecule has 0 aliphatic rings. The van der Waals surface area contributed by atoms with E-state index in [-0.39, 0.29) is 16.5 Å². The molecular weight excluding hydrogens is 290 g/mol. The third kappa shape index (κ3) is 3.22. The minimum Gasteiger partial charge on any atom is -0.398 e. The molecule has 0 bridgehead atoms. The van der Waals surface area contributed by atoms with Gasteiger partial charge in [-0.15, -0.1) is 0 Å². The van der Waals surface area contributed by atoms with Crippen LogP contribution in [0.5, 0.6) is 0 Å². The zero-order valence-electron chi connectivity index (χ0n) is 10.0. The van der Waals surface area contributed by atoms with E-state index in [0.717, 1.165) is 0 Å². The Labute approximate surface area is 115 Å². The molecule has 0 aliphatic heterocycles. The third-order valence-electron chi connectivity index (χ3n) is 2.35. The zero-order chi connectivity index (χ0) is 14.0. The van der Waals surface area contributed by atoms with Gasteiger partial charge in [-0.05, 0) is 18.2 Å². The van der Waals surface area contributed by atoms with Crippen molar-refractivity contribution in [3.63, 3.8) is 0 Å². The average molecular weight is 302 g/mol. The molecule has 0 atom stereocenters. The number of sulfonamides is 1. The summed E-state index contributed by atoms with van der Waals surface area (Å²) in [6.45, 7) is 0.00513. The fourth-order valence-corrected chi connectivity index (χ4v) is 2.63. The summed E-state index contributed by atoms with van der Waals surface area (Å²) in [7, 11) is -1.97. The molecule has 19 heavy (non-hydrogen) atoms. The van der Waals surface area contributed by atoms with Gasteiger partial charge in [-0.25, -0.2) is 18.1 Å². The summed E-state index contributed by atoms with van der Waals surface area (Å²) in [6.07, 6.45) is 1.49. The number of hydrogen-bond donors (Lipinski definition) is 2. The Morgan fingerprint density at radius 2 is 2.21 bits per heavy atom. The number of rotatable bonds is 4. The molecule has 7 nitrogen and oxygen atoms in total. The topological polar surface area (TPSA) is 103 Å². The highest BCUT2D eigenvalue weighted by Gasteiger charge is 2.15. The summed E-state index contributed by atoms with van der Waals surface area (Å²) in [5, 5.41) is 4.17. The molecule has 0 amide bonds. The summed E-state index contributed by atoms with van der Waals surface area (Å²) in [5.74, 6) is 0.382. The maximum atomic E-state index is 12.0. The van der Waals surface area contributed by atoms with Crippen LogP contribution < -0.4 is 10.5 Å². The fraction of sp³-hybridized carbons (Fsp3) is 0.200. The van der Waals surface area contributed by atoms with E-state index < -0.39 is 10.0 Å². The van der Waals surface area contributed by atoms with Crippen molar-refractivity contribution in [3.05, 3.63) is 35.4 Å². The van der Waals surface area contributed by atoms with E-state index >= 15 is 0 Å². The number of nitrogen functional groups attached to an aromatic ring is 1. The summed E-state index contributed by atoms with van der Waals surface area (Å²) in [6, 6.07) is 4.12. The lowest BCUT2D eigenvalue weighted by atomic mass is 10.3. The highest BCUT2D eigenvalue weighted by molar-refractivity contribution is 7.89. The maximum absolute atomic E-state index is 12.0. The van der Waals surface area contributed by atoms with Crippen LogP contribution in [-0.4, -0.2) is 23.2 Å². The molecule has 2 rings (SSSR count). The van der Waals surface area contributed by atoms with Crippen LogP contribution in [0.15, 0.2) is 29.4 Å². The monoisotopic (exact) mass is 301 g/mol. The summed E-state index contributed by atoms with van der Waals surface area (Å²) in [5.41, 5.74) is 5.86. The molecule has 9 heteroatoms. The number of hydrogen-bond acceptors (Lipinski definition) is 5. The molecular formula is C10H12ClN5O2S. The van der Waals surface area contributed by atoms with Crippen LogP contribution in [0, 0.1) is 0 Å². The summed E-state index contributed by atoms with van der Waals surface area (Å²) < 4.78 is 27.9. The largest absolute Gasteiger partial charge is 0.398 e. The van der Waals surface area contributed by atoms with E-state index in [1.54, 1.807) is 7.05 Å². The number of halogens is 1. The van der Waals surface area contributed by atoms with Crippen LogP contribution in [-0.2, 0) is 23.6 Å². The predicted octanol–water partition coefficient (Wildman–Crippen LogP) is 0.529. The summed E-state index contributed by atoms with van der Waals surface area (Å²) in [4.78, 5) is 3.97. The molecule has 0 radical (unpaired) electrons. The van der Waals surface area contributed by atoms with Gasteiger partial charge in [0.05, 0.1) is 22.2 Å². The van der Waals surface area contributed by atoms with E-state index in [1.165, 1.54) is 29.2 Å². The molecule has 2 aromatic rings. The van der Waals surface area contributed by atoms with E-state index in [4.69, 9.17) is 17.3 Å². The lowest BCUT2D eigenvalue weighted by Crippen LogP contribution is -2.24. The number of anilines is 1. The smallest absolute Gasteiger partial charge is 0.241 e. The van der Waals surface area contributed by atoms with Crippen LogP contribution >= 0.6 is 11.6 Å². The van der Waals surface area contributed by atoms with Crippen LogP contribution in [0.25, 0.3) is 0 Å². The molecule has 0 unspecified atom stereocenters. The van der Waals surface area contributed by atoms with E-state index in [2.05, 4.69) is 14.8 Å². The number of nitrogens with two attached hydrogens (primary N) is 1.